The van der Waals surface area contributed by atoms with Gasteiger partial charge in [0.15, 0.2) is 5.78 Å². The molecule has 0 saturated carbocycles. The molecule has 1 heterocycles. The molecule has 1 saturated heterocycles. The van der Waals surface area contributed by atoms with Crippen LogP contribution in [-0.4, -0.2) is 55.5 Å². The van der Waals surface area contributed by atoms with Crippen LogP contribution in [0.1, 0.15) is 23.7 Å². The summed E-state index contributed by atoms with van der Waals surface area (Å²) in [7, 11) is 0. The lowest BCUT2D eigenvalue weighted by Crippen LogP contribution is -2.45. The lowest BCUT2D eigenvalue weighted by molar-refractivity contribution is 0.0208. The molecule has 2 rings (SSSR count). The average molecular weight is 312 g/mol. The molecule has 0 amide bonds. The molecular formula is C16H22ClNO3. The van der Waals surface area contributed by atoms with Crippen LogP contribution in [0.4, 0.5) is 0 Å². The number of nitrogens with zero attached hydrogens (tertiary/aromatic N) is 1. The molecule has 0 bridgehead atoms. The van der Waals surface area contributed by atoms with Crippen LogP contribution in [0.2, 0.25) is 0 Å². The van der Waals surface area contributed by atoms with E-state index in [0.29, 0.717) is 25.7 Å². The summed E-state index contributed by atoms with van der Waals surface area (Å²) in [5, 5.41) is 0. The molecule has 1 unspecified atom stereocenters. The van der Waals surface area contributed by atoms with Crippen LogP contribution in [0.15, 0.2) is 24.3 Å². The summed E-state index contributed by atoms with van der Waals surface area (Å²) in [6.45, 7) is 5.58. The predicted octanol–water partition coefficient (Wildman–Crippen LogP) is 2.60. The van der Waals surface area contributed by atoms with Crippen LogP contribution in [0.3, 0.4) is 0 Å². The highest BCUT2D eigenvalue weighted by Crippen LogP contribution is 2.16. The van der Waals surface area contributed by atoms with Crippen molar-refractivity contribution in [3.8, 4) is 5.75 Å². The molecule has 0 aromatic heterocycles. The fourth-order valence-corrected chi connectivity index (χ4v) is 2.44. The molecule has 0 aliphatic carbocycles. The number of carbonyl (C=O) groups excluding carboxylic acids is 1. The molecule has 21 heavy (non-hydrogen) atoms. The predicted molar refractivity (Wildman–Crippen MR) is 83.5 cm³/mol. The van der Waals surface area contributed by atoms with Crippen molar-refractivity contribution in [3.05, 3.63) is 29.8 Å². The van der Waals surface area contributed by atoms with Crippen LogP contribution in [-0.2, 0) is 4.74 Å². The Hall–Kier alpha value is -1.10. The molecule has 1 atom stereocenters. The van der Waals surface area contributed by atoms with E-state index in [1.165, 1.54) is 0 Å². The Morgan fingerprint density at radius 2 is 2.00 bits per heavy atom. The SMILES string of the molecule is CC(C(=O)c1ccc(OCCCCl)cc1)N1CCOCC1. The number of benzene rings is 1. The van der Waals surface area contributed by atoms with Crippen molar-refractivity contribution in [2.24, 2.45) is 0 Å². The number of morpholine rings is 1. The number of ketones is 1. The van der Waals surface area contributed by atoms with E-state index >= 15 is 0 Å². The van der Waals surface area contributed by atoms with E-state index in [4.69, 9.17) is 21.1 Å². The molecule has 1 aliphatic heterocycles. The van der Waals surface area contributed by atoms with Gasteiger partial charge < -0.3 is 9.47 Å². The standard InChI is InChI=1S/C16H22ClNO3/c1-13(18-8-11-20-12-9-18)16(19)14-3-5-15(6-4-14)21-10-2-7-17/h3-6,13H,2,7-12H2,1H3. The normalized spacial score (nSPS) is 17.4. The maximum Gasteiger partial charge on any atom is 0.179 e. The molecule has 4 nitrogen and oxygen atoms in total. The number of halogens is 1. The molecule has 1 aromatic rings. The number of hydrogen-bond acceptors (Lipinski definition) is 4. The molecule has 1 aliphatic rings. The topological polar surface area (TPSA) is 38.8 Å². The first-order valence-corrected chi connectivity index (χ1v) is 7.90. The van der Waals surface area contributed by atoms with Gasteiger partial charge in [0.25, 0.3) is 0 Å². The smallest absolute Gasteiger partial charge is 0.179 e. The maximum absolute atomic E-state index is 12.5. The van der Waals surface area contributed by atoms with Gasteiger partial charge in [0.2, 0.25) is 0 Å². The van der Waals surface area contributed by atoms with E-state index in [0.717, 1.165) is 30.8 Å². The number of carbonyl (C=O) groups is 1. The van der Waals surface area contributed by atoms with Crippen molar-refractivity contribution in [3.63, 3.8) is 0 Å². The highest BCUT2D eigenvalue weighted by atomic mass is 35.5. The minimum Gasteiger partial charge on any atom is -0.494 e. The van der Waals surface area contributed by atoms with Gasteiger partial charge in [-0.15, -0.1) is 11.6 Å². The minimum absolute atomic E-state index is 0.114. The van der Waals surface area contributed by atoms with Gasteiger partial charge in [-0.05, 0) is 37.6 Å². The molecule has 1 fully saturated rings. The zero-order valence-corrected chi connectivity index (χ0v) is 13.1. The van der Waals surface area contributed by atoms with Crippen molar-refractivity contribution in [1.82, 2.24) is 4.90 Å². The van der Waals surface area contributed by atoms with E-state index in [-0.39, 0.29) is 11.8 Å². The number of rotatable bonds is 7. The first kappa shape index (κ1) is 16.3. The molecule has 0 N–H and O–H groups in total. The summed E-state index contributed by atoms with van der Waals surface area (Å²) < 4.78 is 10.9. The van der Waals surface area contributed by atoms with E-state index < -0.39 is 0 Å². The maximum atomic E-state index is 12.5. The molecule has 0 radical (unpaired) electrons. The van der Waals surface area contributed by atoms with Gasteiger partial charge in [-0.1, -0.05) is 0 Å². The number of hydrogen-bond donors (Lipinski definition) is 0. The Labute approximate surface area is 131 Å². The highest BCUT2D eigenvalue weighted by Gasteiger charge is 2.23. The second-order valence-corrected chi connectivity index (χ2v) is 5.48. The van der Waals surface area contributed by atoms with Gasteiger partial charge in [0.05, 0.1) is 25.9 Å². The van der Waals surface area contributed by atoms with Crippen LogP contribution in [0.25, 0.3) is 0 Å². The van der Waals surface area contributed by atoms with Crippen LogP contribution < -0.4 is 4.74 Å². The zero-order chi connectivity index (χ0) is 15.1. The third-order valence-corrected chi connectivity index (χ3v) is 3.93. The third kappa shape index (κ3) is 4.70. The summed E-state index contributed by atoms with van der Waals surface area (Å²) in [5.41, 5.74) is 0.721. The molecule has 0 spiro atoms. The van der Waals surface area contributed by atoms with Gasteiger partial charge in [-0.3, -0.25) is 9.69 Å². The lowest BCUT2D eigenvalue weighted by atomic mass is 10.0. The summed E-state index contributed by atoms with van der Waals surface area (Å²) >= 11 is 5.60. The van der Waals surface area contributed by atoms with Gasteiger partial charge >= 0.3 is 0 Å². The Balaban J connectivity index is 1.92. The fraction of sp³-hybridized carbons (Fsp3) is 0.562. The van der Waals surface area contributed by atoms with E-state index in [1.807, 2.05) is 31.2 Å². The monoisotopic (exact) mass is 311 g/mol. The van der Waals surface area contributed by atoms with E-state index in [2.05, 4.69) is 4.90 Å². The highest BCUT2D eigenvalue weighted by molar-refractivity contribution is 6.17. The molecule has 1 aromatic carbocycles. The fourth-order valence-electron chi connectivity index (χ4n) is 2.33. The first-order chi connectivity index (χ1) is 10.2. The van der Waals surface area contributed by atoms with Crippen molar-refractivity contribution in [1.29, 1.82) is 0 Å². The lowest BCUT2D eigenvalue weighted by Gasteiger charge is -2.31. The first-order valence-electron chi connectivity index (χ1n) is 7.37. The third-order valence-electron chi connectivity index (χ3n) is 3.66. The van der Waals surface area contributed by atoms with Crippen molar-refractivity contribution in [2.75, 3.05) is 38.8 Å². The summed E-state index contributed by atoms with van der Waals surface area (Å²) in [6, 6.07) is 7.22. The largest absolute Gasteiger partial charge is 0.494 e. The second-order valence-electron chi connectivity index (χ2n) is 5.10. The van der Waals surface area contributed by atoms with Crippen molar-refractivity contribution >= 4 is 17.4 Å². The Bertz CT molecular complexity index is 443. The summed E-state index contributed by atoms with van der Waals surface area (Å²) in [5.74, 6) is 1.51. The number of Topliss-reactive ketones (excluding diaryl/α,β-unsaturated/α-hetero) is 1. The van der Waals surface area contributed by atoms with Gasteiger partial charge in [0.1, 0.15) is 5.75 Å². The molecule has 5 heteroatoms. The van der Waals surface area contributed by atoms with E-state index in [1.54, 1.807) is 0 Å². The van der Waals surface area contributed by atoms with Crippen LogP contribution in [0.5, 0.6) is 5.75 Å². The van der Waals surface area contributed by atoms with E-state index in [9.17, 15) is 4.79 Å². The minimum atomic E-state index is -0.114. The quantitative estimate of drug-likeness (QED) is 0.441. The molecule has 116 valence electrons. The van der Waals surface area contributed by atoms with Crippen molar-refractivity contribution < 1.29 is 14.3 Å². The van der Waals surface area contributed by atoms with Gasteiger partial charge in [-0.2, -0.15) is 0 Å². The second kappa shape index (κ2) is 8.37. The van der Waals surface area contributed by atoms with Gasteiger partial charge in [-0.25, -0.2) is 0 Å². The molecular weight excluding hydrogens is 290 g/mol. The summed E-state index contributed by atoms with van der Waals surface area (Å²) in [6.07, 6.45) is 0.816. The number of alkyl halides is 1. The Morgan fingerprint density at radius 1 is 1.33 bits per heavy atom. The Morgan fingerprint density at radius 3 is 2.62 bits per heavy atom. The average Bonchev–Trinajstić information content (AvgIpc) is 2.55. The number of ether oxygens (including phenoxy) is 2. The Kier molecular flexibility index (Phi) is 6.49. The van der Waals surface area contributed by atoms with Crippen molar-refractivity contribution in [2.45, 2.75) is 19.4 Å². The van der Waals surface area contributed by atoms with Crippen LogP contribution >= 0.6 is 11.6 Å². The zero-order valence-electron chi connectivity index (χ0n) is 12.4. The van der Waals surface area contributed by atoms with Gasteiger partial charge in [0, 0.05) is 24.5 Å². The van der Waals surface area contributed by atoms with Crippen LogP contribution in [0, 0.1) is 0 Å². The summed E-state index contributed by atoms with van der Waals surface area (Å²) in [4.78, 5) is 14.6.